The molecule has 2 fully saturated rings. The van der Waals surface area contributed by atoms with Gasteiger partial charge in [0.15, 0.2) is 0 Å². The van der Waals surface area contributed by atoms with Crippen LogP contribution in [0.2, 0.25) is 0 Å². The number of likely N-dealkylation sites (tertiary alicyclic amines) is 1. The number of amides is 1. The molecule has 2 heterocycles. The van der Waals surface area contributed by atoms with Crippen LogP contribution in [-0.2, 0) is 17.9 Å². The van der Waals surface area contributed by atoms with Crippen molar-refractivity contribution in [3.63, 3.8) is 0 Å². The van der Waals surface area contributed by atoms with Crippen molar-refractivity contribution in [1.82, 2.24) is 20.0 Å². The highest BCUT2D eigenvalue weighted by Crippen LogP contribution is 2.14. The number of piperazine rings is 1. The Hall–Kier alpha value is -2.72. The summed E-state index contributed by atoms with van der Waals surface area (Å²) in [6.45, 7) is 8.04. The molecular formula is C25H31N5O. The second kappa shape index (κ2) is 10.5. The number of hydrogen-bond acceptors (Lipinski definition) is 5. The highest BCUT2D eigenvalue weighted by Gasteiger charge is 2.25. The molecule has 162 valence electrons. The fourth-order valence-corrected chi connectivity index (χ4v) is 4.46. The van der Waals surface area contributed by atoms with Gasteiger partial charge in [0.05, 0.1) is 18.2 Å². The first kappa shape index (κ1) is 21.5. The van der Waals surface area contributed by atoms with Gasteiger partial charge >= 0.3 is 0 Å². The van der Waals surface area contributed by atoms with E-state index in [1.54, 1.807) is 0 Å². The van der Waals surface area contributed by atoms with E-state index in [2.05, 4.69) is 50.4 Å². The van der Waals surface area contributed by atoms with Crippen molar-refractivity contribution in [2.75, 3.05) is 45.8 Å². The maximum atomic E-state index is 12.6. The smallest absolute Gasteiger partial charge is 0.234 e. The van der Waals surface area contributed by atoms with E-state index >= 15 is 0 Å². The minimum absolute atomic E-state index is 0.145. The van der Waals surface area contributed by atoms with Crippen LogP contribution in [0.15, 0.2) is 54.6 Å². The molecule has 4 rings (SSSR count). The van der Waals surface area contributed by atoms with E-state index in [9.17, 15) is 4.79 Å². The lowest BCUT2D eigenvalue weighted by molar-refractivity contribution is -0.123. The van der Waals surface area contributed by atoms with Crippen molar-refractivity contribution in [1.29, 1.82) is 5.26 Å². The summed E-state index contributed by atoms with van der Waals surface area (Å²) in [7, 11) is 0. The molecule has 0 radical (unpaired) electrons. The van der Waals surface area contributed by atoms with Crippen LogP contribution in [0.25, 0.3) is 0 Å². The molecule has 1 amide bonds. The summed E-state index contributed by atoms with van der Waals surface area (Å²) in [6, 6.07) is 20.7. The van der Waals surface area contributed by atoms with Crippen LogP contribution in [-0.4, -0.2) is 72.5 Å². The van der Waals surface area contributed by atoms with E-state index < -0.39 is 0 Å². The van der Waals surface area contributed by atoms with E-state index in [0.29, 0.717) is 12.1 Å². The third kappa shape index (κ3) is 6.38. The van der Waals surface area contributed by atoms with Gasteiger partial charge in [0.25, 0.3) is 0 Å². The van der Waals surface area contributed by atoms with Gasteiger partial charge in [-0.05, 0) is 29.7 Å². The van der Waals surface area contributed by atoms with Gasteiger partial charge in [-0.1, -0.05) is 42.5 Å². The molecule has 2 aromatic rings. The standard InChI is InChI=1S/C25H31N5O/c26-16-21-6-8-23(9-7-21)17-28-12-14-29(15-13-28)20-25(31)27-24-10-11-30(19-24)18-22-4-2-1-3-5-22/h1-9,24H,10-15,17-20H2,(H,27,31)/t24-/m0/s1. The Labute approximate surface area is 185 Å². The average Bonchev–Trinajstić information content (AvgIpc) is 3.22. The number of hydrogen-bond donors (Lipinski definition) is 1. The molecule has 6 nitrogen and oxygen atoms in total. The van der Waals surface area contributed by atoms with Crippen LogP contribution in [0.3, 0.4) is 0 Å². The van der Waals surface area contributed by atoms with Gasteiger partial charge in [0.2, 0.25) is 5.91 Å². The molecule has 0 unspecified atom stereocenters. The number of carbonyl (C=O) groups excluding carboxylic acids is 1. The van der Waals surface area contributed by atoms with Crippen LogP contribution in [0.1, 0.15) is 23.1 Å². The van der Waals surface area contributed by atoms with Gasteiger partial charge in [-0.3, -0.25) is 19.5 Å². The molecule has 31 heavy (non-hydrogen) atoms. The van der Waals surface area contributed by atoms with E-state index in [1.165, 1.54) is 11.1 Å². The van der Waals surface area contributed by atoms with Crippen molar-refractivity contribution in [3.8, 4) is 6.07 Å². The topological polar surface area (TPSA) is 62.6 Å². The van der Waals surface area contributed by atoms with Gasteiger partial charge < -0.3 is 5.32 Å². The summed E-state index contributed by atoms with van der Waals surface area (Å²) in [4.78, 5) is 19.6. The SMILES string of the molecule is N#Cc1ccc(CN2CCN(CC(=O)N[C@H]3CCN(Cc4ccccc4)C3)CC2)cc1. The first-order chi connectivity index (χ1) is 15.2. The second-order valence-corrected chi connectivity index (χ2v) is 8.63. The highest BCUT2D eigenvalue weighted by molar-refractivity contribution is 5.78. The largest absolute Gasteiger partial charge is 0.351 e. The summed E-state index contributed by atoms with van der Waals surface area (Å²) < 4.78 is 0. The molecule has 2 saturated heterocycles. The van der Waals surface area contributed by atoms with Crippen molar-refractivity contribution in [2.24, 2.45) is 0 Å². The Kier molecular flexibility index (Phi) is 7.31. The Bertz CT molecular complexity index is 884. The van der Waals surface area contributed by atoms with Gasteiger partial charge in [0, 0.05) is 58.4 Å². The van der Waals surface area contributed by atoms with Gasteiger partial charge in [0.1, 0.15) is 0 Å². The van der Waals surface area contributed by atoms with Crippen LogP contribution >= 0.6 is 0 Å². The monoisotopic (exact) mass is 417 g/mol. The number of rotatable bonds is 7. The molecule has 0 bridgehead atoms. The van der Waals surface area contributed by atoms with E-state index in [0.717, 1.165) is 58.8 Å². The van der Waals surface area contributed by atoms with Crippen LogP contribution in [0, 0.1) is 11.3 Å². The van der Waals surface area contributed by atoms with E-state index in [1.807, 2.05) is 30.3 Å². The molecule has 2 aliphatic heterocycles. The lowest BCUT2D eigenvalue weighted by atomic mass is 10.1. The Morgan fingerprint density at radius 2 is 1.52 bits per heavy atom. The molecule has 2 aliphatic rings. The number of carbonyl (C=O) groups is 1. The normalized spacial score (nSPS) is 20.4. The lowest BCUT2D eigenvalue weighted by Crippen LogP contribution is -2.50. The molecule has 0 saturated carbocycles. The van der Waals surface area contributed by atoms with Gasteiger partial charge in [-0.15, -0.1) is 0 Å². The molecule has 0 spiro atoms. The lowest BCUT2D eigenvalue weighted by Gasteiger charge is -2.34. The van der Waals surface area contributed by atoms with Crippen molar-refractivity contribution in [3.05, 3.63) is 71.3 Å². The summed E-state index contributed by atoms with van der Waals surface area (Å²) in [5, 5.41) is 12.2. The summed E-state index contributed by atoms with van der Waals surface area (Å²) in [5.74, 6) is 0.145. The quantitative estimate of drug-likeness (QED) is 0.747. The summed E-state index contributed by atoms with van der Waals surface area (Å²) in [6.07, 6.45) is 1.02. The molecule has 0 aromatic heterocycles. The maximum Gasteiger partial charge on any atom is 0.234 e. The maximum absolute atomic E-state index is 12.6. The Balaban J connectivity index is 1.14. The second-order valence-electron chi connectivity index (χ2n) is 8.63. The number of nitrogens with one attached hydrogen (secondary N) is 1. The Morgan fingerprint density at radius 1 is 0.871 bits per heavy atom. The third-order valence-electron chi connectivity index (χ3n) is 6.21. The predicted octanol–water partition coefficient (Wildman–Crippen LogP) is 2.07. The summed E-state index contributed by atoms with van der Waals surface area (Å²) >= 11 is 0. The van der Waals surface area contributed by atoms with E-state index in [-0.39, 0.29) is 11.9 Å². The minimum atomic E-state index is 0.145. The van der Waals surface area contributed by atoms with Gasteiger partial charge in [-0.2, -0.15) is 5.26 Å². The van der Waals surface area contributed by atoms with Crippen molar-refractivity contribution < 1.29 is 4.79 Å². The zero-order valence-electron chi connectivity index (χ0n) is 18.0. The van der Waals surface area contributed by atoms with E-state index in [4.69, 9.17) is 5.26 Å². The fourth-order valence-electron chi connectivity index (χ4n) is 4.46. The molecule has 2 aromatic carbocycles. The van der Waals surface area contributed by atoms with Crippen LogP contribution < -0.4 is 5.32 Å². The van der Waals surface area contributed by atoms with Gasteiger partial charge in [-0.25, -0.2) is 0 Å². The highest BCUT2D eigenvalue weighted by atomic mass is 16.2. The predicted molar refractivity (Wildman–Crippen MR) is 121 cm³/mol. The average molecular weight is 418 g/mol. The number of benzene rings is 2. The third-order valence-corrected chi connectivity index (χ3v) is 6.21. The van der Waals surface area contributed by atoms with Crippen molar-refractivity contribution in [2.45, 2.75) is 25.6 Å². The first-order valence-electron chi connectivity index (χ1n) is 11.2. The minimum Gasteiger partial charge on any atom is -0.351 e. The number of nitrogens with zero attached hydrogens (tertiary/aromatic N) is 4. The zero-order chi connectivity index (χ0) is 21.5. The molecule has 0 aliphatic carbocycles. The van der Waals surface area contributed by atoms with Crippen molar-refractivity contribution >= 4 is 5.91 Å². The molecular weight excluding hydrogens is 386 g/mol. The first-order valence-corrected chi connectivity index (χ1v) is 11.2. The summed E-state index contributed by atoms with van der Waals surface area (Å²) in [5.41, 5.74) is 3.25. The van der Waals surface area contributed by atoms with Crippen LogP contribution in [0.4, 0.5) is 0 Å². The van der Waals surface area contributed by atoms with Crippen LogP contribution in [0.5, 0.6) is 0 Å². The number of nitriles is 1. The Morgan fingerprint density at radius 3 is 2.23 bits per heavy atom. The fraction of sp³-hybridized carbons (Fsp3) is 0.440. The molecule has 1 atom stereocenters. The molecule has 1 N–H and O–H groups in total. The zero-order valence-corrected chi connectivity index (χ0v) is 18.0. The molecule has 6 heteroatoms.